The second kappa shape index (κ2) is 10.5. The Kier molecular flexibility index (Phi) is 8.75. The first-order valence-corrected chi connectivity index (χ1v) is 8.96. The third kappa shape index (κ3) is 7.21. The highest BCUT2D eigenvalue weighted by atomic mass is 16.5. The molecule has 0 fully saturated rings. The molecule has 0 spiro atoms. The summed E-state index contributed by atoms with van der Waals surface area (Å²) in [5.41, 5.74) is 0.439. The van der Waals surface area contributed by atoms with E-state index in [9.17, 15) is 4.79 Å². The molecular weight excluding hydrogens is 332 g/mol. The van der Waals surface area contributed by atoms with Gasteiger partial charge in [0.1, 0.15) is 0 Å². The minimum atomic E-state index is -0.397. The number of nitrogens with zero attached hydrogens (tertiary/aromatic N) is 1. The highest BCUT2D eigenvalue weighted by Gasteiger charge is 2.20. The van der Waals surface area contributed by atoms with Crippen molar-refractivity contribution in [2.45, 2.75) is 34.6 Å². The predicted octanol–water partition coefficient (Wildman–Crippen LogP) is 2.63. The molecular formula is C19H32N4O3. The van der Waals surface area contributed by atoms with Crippen LogP contribution in [0.5, 0.6) is 11.5 Å². The van der Waals surface area contributed by atoms with E-state index < -0.39 is 5.41 Å². The topological polar surface area (TPSA) is 84.0 Å². The molecule has 0 atom stereocenters. The normalized spacial score (nSPS) is 11.7. The Morgan fingerprint density at radius 1 is 1.15 bits per heavy atom. The summed E-state index contributed by atoms with van der Waals surface area (Å²) in [5.74, 6) is 2.02. The lowest BCUT2D eigenvalue weighted by molar-refractivity contribution is -0.128. The van der Waals surface area contributed by atoms with Crippen LogP contribution in [0.3, 0.4) is 0 Å². The SMILES string of the molecule is CCNC(=NCCNC(=O)C(C)(C)C)Nc1ccc(OCC)c(OC)c1. The Balaban J connectivity index is 2.71. The predicted molar refractivity (Wildman–Crippen MR) is 106 cm³/mol. The van der Waals surface area contributed by atoms with Gasteiger partial charge < -0.3 is 25.4 Å². The van der Waals surface area contributed by atoms with Crippen LogP contribution in [-0.4, -0.2) is 45.2 Å². The van der Waals surface area contributed by atoms with E-state index in [2.05, 4.69) is 20.9 Å². The Labute approximate surface area is 156 Å². The molecule has 7 heteroatoms. The molecule has 1 aromatic carbocycles. The molecule has 146 valence electrons. The van der Waals surface area contributed by atoms with Crippen LogP contribution in [0.15, 0.2) is 23.2 Å². The van der Waals surface area contributed by atoms with Crippen molar-refractivity contribution in [3.63, 3.8) is 0 Å². The fourth-order valence-corrected chi connectivity index (χ4v) is 2.07. The molecule has 0 aliphatic rings. The van der Waals surface area contributed by atoms with Gasteiger partial charge >= 0.3 is 0 Å². The third-order valence-corrected chi connectivity index (χ3v) is 3.42. The Hall–Kier alpha value is -2.44. The molecule has 7 nitrogen and oxygen atoms in total. The van der Waals surface area contributed by atoms with Gasteiger partial charge in [0.25, 0.3) is 0 Å². The maximum absolute atomic E-state index is 11.9. The Morgan fingerprint density at radius 2 is 1.88 bits per heavy atom. The number of anilines is 1. The van der Waals surface area contributed by atoms with Crippen molar-refractivity contribution >= 4 is 17.6 Å². The van der Waals surface area contributed by atoms with E-state index in [0.29, 0.717) is 37.2 Å². The van der Waals surface area contributed by atoms with Gasteiger partial charge in [-0.15, -0.1) is 0 Å². The van der Waals surface area contributed by atoms with Gasteiger partial charge in [0, 0.05) is 30.3 Å². The summed E-state index contributed by atoms with van der Waals surface area (Å²) in [4.78, 5) is 16.3. The molecule has 0 aliphatic heterocycles. The van der Waals surface area contributed by atoms with Crippen LogP contribution >= 0.6 is 0 Å². The first kappa shape index (κ1) is 21.6. The van der Waals surface area contributed by atoms with Crippen LogP contribution < -0.4 is 25.4 Å². The number of carbonyl (C=O) groups excluding carboxylic acids is 1. The number of hydrogen-bond donors (Lipinski definition) is 3. The summed E-state index contributed by atoms with van der Waals surface area (Å²) in [5, 5.41) is 9.30. The second-order valence-corrected chi connectivity index (χ2v) is 6.69. The maximum atomic E-state index is 11.9. The van der Waals surface area contributed by atoms with E-state index in [1.165, 1.54) is 0 Å². The van der Waals surface area contributed by atoms with Crippen molar-refractivity contribution in [1.29, 1.82) is 0 Å². The zero-order valence-corrected chi connectivity index (χ0v) is 16.7. The van der Waals surface area contributed by atoms with Crippen molar-refractivity contribution < 1.29 is 14.3 Å². The van der Waals surface area contributed by atoms with Gasteiger partial charge in [-0.25, -0.2) is 0 Å². The van der Waals surface area contributed by atoms with E-state index in [-0.39, 0.29) is 5.91 Å². The fourth-order valence-electron chi connectivity index (χ4n) is 2.07. The molecule has 26 heavy (non-hydrogen) atoms. The van der Waals surface area contributed by atoms with Crippen molar-refractivity contribution in [2.24, 2.45) is 10.4 Å². The van der Waals surface area contributed by atoms with E-state index in [0.717, 1.165) is 12.2 Å². The Morgan fingerprint density at radius 3 is 2.46 bits per heavy atom. The van der Waals surface area contributed by atoms with Crippen molar-refractivity contribution in [1.82, 2.24) is 10.6 Å². The summed E-state index contributed by atoms with van der Waals surface area (Å²) >= 11 is 0. The maximum Gasteiger partial charge on any atom is 0.225 e. The standard InChI is InChI=1S/C19H32N4O3/c1-7-20-18(22-12-11-21-17(24)19(3,4)5)23-14-9-10-15(26-8-2)16(13-14)25-6/h9-10,13H,7-8,11-12H2,1-6H3,(H,21,24)(H2,20,22,23). The van der Waals surface area contributed by atoms with E-state index in [1.807, 2.05) is 52.8 Å². The molecule has 0 radical (unpaired) electrons. The first-order valence-electron chi connectivity index (χ1n) is 8.96. The quantitative estimate of drug-likeness (QED) is 0.375. The van der Waals surface area contributed by atoms with Gasteiger partial charge in [0.2, 0.25) is 5.91 Å². The number of ether oxygens (including phenoxy) is 2. The monoisotopic (exact) mass is 364 g/mol. The number of aliphatic imine (C=N–C) groups is 1. The highest BCUT2D eigenvalue weighted by Crippen LogP contribution is 2.30. The smallest absolute Gasteiger partial charge is 0.225 e. The molecule has 0 saturated heterocycles. The number of nitrogens with one attached hydrogen (secondary N) is 3. The van der Waals surface area contributed by atoms with Crippen LogP contribution in [-0.2, 0) is 4.79 Å². The van der Waals surface area contributed by atoms with E-state index in [4.69, 9.17) is 9.47 Å². The average Bonchev–Trinajstić information content (AvgIpc) is 2.59. The molecule has 0 unspecified atom stereocenters. The number of hydrogen-bond acceptors (Lipinski definition) is 4. The summed E-state index contributed by atoms with van der Waals surface area (Å²) in [6, 6.07) is 5.62. The number of carbonyl (C=O) groups is 1. The third-order valence-electron chi connectivity index (χ3n) is 3.42. The molecule has 1 rings (SSSR count). The van der Waals surface area contributed by atoms with Crippen molar-refractivity contribution in [3.05, 3.63) is 18.2 Å². The summed E-state index contributed by atoms with van der Waals surface area (Å²) in [6.07, 6.45) is 0. The van der Waals surface area contributed by atoms with Gasteiger partial charge in [-0.2, -0.15) is 0 Å². The highest BCUT2D eigenvalue weighted by molar-refractivity contribution is 5.94. The summed E-state index contributed by atoms with van der Waals surface area (Å²) in [7, 11) is 1.61. The zero-order valence-electron chi connectivity index (χ0n) is 16.7. The van der Waals surface area contributed by atoms with Crippen molar-refractivity contribution in [2.75, 3.05) is 38.7 Å². The zero-order chi connectivity index (χ0) is 19.6. The molecule has 0 heterocycles. The largest absolute Gasteiger partial charge is 0.493 e. The Bertz CT molecular complexity index is 609. The van der Waals surface area contributed by atoms with Gasteiger partial charge in [-0.05, 0) is 26.0 Å². The summed E-state index contributed by atoms with van der Waals surface area (Å²) in [6.45, 7) is 11.9. The van der Waals surface area contributed by atoms with E-state index in [1.54, 1.807) is 7.11 Å². The van der Waals surface area contributed by atoms with Crippen LogP contribution in [0.2, 0.25) is 0 Å². The van der Waals surface area contributed by atoms with Gasteiger partial charge in [-0.1, -0.05) is 20.8 Å². The lowest BCUT2D eigenvalue weighted by atomic mass is 9.96. The lowest BCUT2D eigenvalue weighted by Crippen LogP contribution is -2.37. The van der Waals surface area contributed by atoms with Gasteiger partial charge in [0.05, 0.1) is 20.3 Å². The first-order chi connectivity index (χ1) is 12.3. The minimum absolute atomic E-state index is 0.0157. The molecule has 0 aliphatic carbocycles. The second-order valence-electron chi connectivity index (χ2n) is 6.69. The number of guanidine groups is 1. The average molecular weight is 364 g/mol. The number of benzene rings is 1. The fraction of sp³-hybridized carbons (Fsp3) is 0.579. The van der Waals surface area contributed by atoms with Crippen LogP contribution in [0, 0.1) is 5.41 Å². The van der Waals surface area contributed by atoms with Crippen molar-refractivity contribution in [3.8, 4) is 11.5 Å². The lowest BCUT2D eigenvalue weighted by Gasteiger charge is -2.17. The van der Waals surface area contributed by atoms with Crippen LogP contribution in [0.25, 0.3) is 0 Å². The molecule has 1 aromatic rings. The van der Waals surface area contributed by atoms with Gasteiger partial charge in [-0.3, -0.25) is 9.79 Å². The molecule has 0 saturated carbocycles. The molecule has 0 aromatic heterocycles. The minimum Gasteiger partial charge on any atom is -0.493 e. The number of amides is 1. The number of methoxy groups -OCH3 is 1. The molecule has 1 amide bonds. The van der Waals surface area contributed by atoms with Crippen LogP contribution in [0.4, 0.5) is 5.69 Å². The number of rotatable bonds is 8. The van der Waals surface area contributed by atoms with Crippen LogP contribution in [0.1, 0.15) is 34.6 Å². The molecule has 3 N–H and O–H groups in total. The molecule has 0 bridgehead atoms. The van der Waals surface area contributed by atoms with Gasteiger partial charge in [0.15, 0.2) is 17.5 Å². The summed E-state index contributed by atoms with van der Waals surface area (Å²) < 4.78 is 10.9. The van der Waals surface area contributed by atoms with E-state index >= 15 is 0 Å².